The summed E-state index contributed by atoms with van der Waals surface area (Å²) < 4.78 is 0. The number of anilines is 1. The fourth-order valence-corrected chi connectivity index (χ4v) is 2.94. The third-order valence-electron chi connectivity index (χ3n) is 4.26. The van der Waals surface area contributed by atoms with Gasteiger partial charge in [-0.15, -0.1) is 0 Å². The predicted molar refractivity (Wildman–Crippen MR) is 76.8 cm³/mol. The number of benzene rings is 1. The van der Waals surface area contributed by atoms with Gasteiger partial charge in [-0.2, -0.15) is 0 Å². The minimum Gasteiger partial charge on any atom is -0.382 e. The molecule has 2 nitrogen and oxygen atoms in total. The van der Waals surface area contributed by atoms with Crippen molar-refractivity contribution in [2.24, 2.45) is 5.92 Å². The number of nitrogens with zero attached hydrogens (tertiary/aromatic N) is 1. The van der Waals surface area contributed by atoms with Crippen molar-refractivity contribution in [1.82, 2.24) is 4.90 Å². The summed E-state index contributed by atoms with van der Waals surface area (Å²) in [6.45, 7) is 5.98. The first-order valence-electron chi connectivity index (χ1n) is 7.39. The zero-order chi connectivity index (χ0) is 12.4. The first kappa shape index (κ1) is 12.0. The second kappa shape index (κ2) is 5.31. The van der Waals surface area contributed by atoms with Crippen molar-refractivity contribution in [2.75, 3.05) is 18.4 Å². The van der Waals surface area contributed by atoms with Crippen molar-refractivity contribution in [3.05, 3.63) is 29.8 Å². The third kappa shape index (κ3) is 3.05. The monoisotopic (exact) mass is 244 g/mol. The summed E-state index contributed by atoms with van der Waals surface area (Å²) in [6, 6.07) is 9.61. The number of nitrogens with one attached hydrogen (secondary N) is 1. The highest BCUT2D eigenvalue weighted by atomic mass is 15.1. The van der Waals surface area contributed by atoms with E-state index in [1.165, 1.54) is 50.0 Å². The Kier molecular flexibility index (Phi) is 3.55. The second-order valence-electron chi connectivity index (χ2n) is 5.95. The second-order valence-corrected chi connectivity index (χ2v) is 5.95. The summed E-state index contributed by atoms with van der Waals surface area (Å²) >= 11 is 0. The molecule has 3 rings (SSSR count). The van der Waals surface area contributed by atoms with Crippen LogP contribution in [0.25, 0.3) is 0 Å². The van der Waals surface area contributed by atoms with Gasteiger partial charge in [0.15, 0.2) is 0 Å². The molecule has 0 amide bonds. The van der Waals surface area contributed by atoms with E-state index in [4.69, 9.17) is 0 Å². The first-order chi connectivity index (χ1) is 8.81. The van der Waals surface area contributed by atoms with Crippen molar-refractivity contribution >= 4 is 5.69 Å². The van der Waals surface area contributed by atoms with Crippen LogP contribution in [0.15, 0.2) is 24.3 Å². The lowest BCUT2D eigenvalue weighted by Gasteiger charge is -2.17. The Morgan fingerprint density at radius 2 is 2.06 bits per heavy atom. The Hall–Kier alpha value is -1.02. The molecule has 18 heavy (non-hydrogen) atoms. The molecule has 1 saturated heterocycles. The van der Waals surface area contributed by atoms with Crippen LogP contribution in [-0.4, -0.2) is 24.0 Å². The minimum absolute atomic E-state index is 0.632. The molecular formula is C16H24N2. The fraction of sp³-hybridized carbons (Fsp3) is 0.625. The highest BCUT2D eigenvalue weighted by molar-refractivity contribution is 5.46. The van der Waals surface area contributed by atoms with Gasteiger partial charge in [-0.1, -0.05) is 12.1 Å². The van der Waals surface area contributed by atoms with Crippen molar-refractivity contribution in [3.63, 3.8) is 0 Å². The fourth-order valence-electron chi connectivity index (χ4n) is 2.94. The number of hydrogen-bond acceptors (Lipinski definition) is 2. The summed E-state index contributed by atoms with van der Waals surface area (Å²) in [6.07, 6.45) is 5.55. The van der Waals surface area contributed by atoms with E-state index in [9.17, 15) is 0 Å². The molecule has 0 spiro atoms. The van der Waals surface area contributed by atoms with Gasteiger partial charge >= 0.3 is 0 Å². The van der Waals surface area contributed by atoms with Gasteiger partial charge in [0, 0.05) is 18.3 Å². The van der Waals surface area contributed by atoms with Gasteiger partial charge < -0.3 is 5.32 Å². The molecule has 2 fully saturated rings. The van der Waals surface area contributed by atoms with Crippen molar-refractivity contribution in [1.29, 1.82) is 0 Å². The SMILES string of the molecule is CC(Nc1cccc(CN2CCCC2)c1)C1CC1. The van der Waals surface area contributed by atoms with E-state index in [0.717, 1.165) is 12.5 Å². The minimum atomic E-state index is 0.632. The molecule has 2 aliphatic rings. The lowest BCUT2D eigenvalue weighted by molar-refractivity contribution is 0.331. The number of rotatable bonds is 5. The first-order valence-corrected chi connectivity index (χ1v) is 7.39. The lowest BCUT2D eigenvalue weighted by atomic mass is 10.1. The Morgan fingerprint density at radius 1 is 1.28 bits per heavy atom. The zero-order valence-electron chi connectivity index (χ0n) is 11.4. The number of hydrogen-bond donors (Lipinski definition) is 1. The van der Waals surface area contributed by atoms with Crippen LogP contribution in [0.5, 0.6) is 0 Å². The van der Waals surface area contributed by atoms with Crippen molar-refractivity contribution in [2.45, 2.75) is 45.2 Å². The van der Waals surface area contributed by atoms with Crippen LogP contribution < -0.4 is 5.32 Å². The summed E-state index contributed by atoms with van der Waals surface area (Å²) in [5.41, 5.74) is 2.75. The predicted octanol–water partition coefficient (Wildman–Crippen LogP) is 3.49. The maximum Gasteiger partial charge on any atom is 0.0345 e. The molecule has 0 aromatic heterocycles. The largest absolute Gasteiger partial charge is 0.382 e. The topological polar surface area (TPSA) is 15.3 Å². The maximum absolute atomic E-state index is 3.65. The Bertz CT molecular complexity index is 373. The maximum atomic E-state index is 3.65. The quantitative estimate of drug-likeness (QED) is 0.853. The standard InChI is InChI=1S/C16H24N2/c1-13(15-7-8-15)17-16-6-4-5-14(11-16)12-18-9-2-3-10-18/h4-6,11,13,15,17H,2-3,7-10,12H2,1H3. The highest BCUT2D eigenvalue weighted by Crippen LogP contribution is 2.34. The molecule has 1 atom stereocenters. The molecule has 0 radical (unpaired) electrons. The molecule has 1 aromatic carbocycles. The summed E-state index contributed by atoms with van der Waals surface area (Å²) in [5, 5.41) is 3.65. The smallest absolute Gasteiger partial charge is 0.0345 e. The molecule has 1 aromatic rings. The van der Waals surface area contributed by atoms with Crippen LogP contribution in [0.1, 0.15) is 38.2 Å². The molecule has 0 bridgehead atoms. The summed E-state index contributed by atoms with van der Waals surface area (Å²) in [5.74, 6) is 0.909. The van der Waals surface area contributed by atoms with E-state index >= 15 is 0 Å². The molecule has 1 aliphatic heterocycles. The Balaban J connectivity index is 1.60. The van der Waals surface area contributed by atoms with E-state index in [-0.39, 0.29) is 0 Å². The van der Waals surface area contributed by atoms with Gasteiger partial charge in [0.25, 0.3) is 0 Å². The van der Waals surface area contributed by atoms with Crippen LogP contribution in [-0.2, 0) is 6.54 Å². The molecule has 1 unspecified atom stereocenters. The van der Waals surface area contributed by atoms with Crippen molar-refractivity contribution in [3.8, 4) is 0 Å². The Morgan fingerprint density at radius 3 is 2.78 bits per heavy atom. The molecule has 1 heterocycles. The van der Waals surface area contributed by atoms with Gasteiger partial charge in [-0.25, -0.2) is 0 Å². The average molecular weight is 244 g/mol. The molecule has 98 valence electrons. The van der Waals surface area contributed by atoms with Gasteiger partial charge in [-0.3, -0.25) is 4.90 Å². The van der Waals surface area contributed by atoms with Gasteiger partial charge in [0.2, 0.25) is 0 Å². The molecule has 1 aliphatic carbocycles. The van der Waals surface area contributed by atoms with E-state index in [1.54, 1.807) is 0 Å². The molecule has 1 N–H and O–H groups in total. The average Bonchev–Trinajstić information content (AvgIpc) is 3.10. The molecule has 1 saturated carbocycles. The third-order valence-corrected chi connectivity index (χ3v) is 4.26. The normalized spacial score (nSPS) is 22.1. The van der Waals surface area contributed by atoms with E-state index in [2.05, 4.69) is 41.4 Å². The van der Waals surface area contributed by atoms with Gasteiger partial charge in [0.1, 0.15) is 0 Å². The van der Waals surface area contributed by atoms with E-state index in [1.807, 2.05) is 0 Å². The molecular weight excluding hydrogens is 220 g/mol. The van der Waals surface area contributed by atoms with Gasteiger partial charge in [-0.05, 0) is 69.3 Å². The van der Waals surface area contributed by atoms with Crippen LogP contribution in [0.4, 0.5) is 5.69 Å². The van der Waals surface area contributed by atoms with Crippen molar-refractivity contribution < 1.29 is 0 Å². The van der Waals surface area contributed by atoms with E-state index in [0.29, 0.717) is 6.04 Å². The Labute approximate surface area is 110 Å². The van der Waals surface area contributed by atoms with E-state index < -0.39 is 0 Å². The lowest BCUT2D eigenvalue weighted by Crippen LogP contribution is -2.19. The van der Waals surface area contributed by atoms with Crippen LogP contribution in [0, 0.1) is 5.92 Å². The summed E-state index contributed by atoms with van der Waals surface area (Å²) in [7, 11) is 0. The van der Waals surface area contributed by atoms with Crippen LogP contribution in [0.2, 0.25) is 0 Å². The highest BCUT2D eigenvalue weighted by Gasteiger charge is 2.27. The van der Waals surface area contributed by atoms with Gasteiger partial charge in [0.05, 0.1) is 0 Å². The van der Waals surface area contributed by atoms with Crippen LogP contribution >= 0.6 is 0 Å². The summed E-state index contributed by atoms with van der Waals surface area (Å²) in [4.78, 5) is 2.56. The number of likely N-dealkylation sites (tertiary alicyclic amines) is 1. The zero-order valence-corrected chi connectivity index (χ0v) is 11.4. The molecule has 2 heteroatoms. The van der Waals surface area contributed by atoms with Crippen LogP contribution in [0.3, 0.4) is 0 Å².